The normalized spacial score (nSPS) is 18.2. The zero-order valence-electron chi connectivity index (χ0n) is 15.8. The number of carbonyl (C=O) groups is 1. The second-order valence-electron chi connectivity index (χ2n) is 8.08. The van der Waals surface area contributed by atoms with Crippen LogP contribution in [0, 0.1) is 12.7 Å². The van der Waals surface area contributed by atoms with Crippen LogP contribution in [-0.2, 0) is 0 Å². The summed E-state index contributed by atoms with van der Waals surface area (Å²) in [5.41, 5.74) is 2.03. The first-order valence-corrected chi connectivity index (χ1v) is 9.50. The number of likely N-dealkylation sites (tertiary alicyclic amines) is 1. The average Bonchev–Trinajstić information content (AvgIpc) is 3.23. The Hall–Kier alpha value is -2.96. The molecule has 28 heavy (non-hydrogen) atoms. The highest BCUT2D eigenvalue weighted by Crippen LogP contribution is 2.41. The molecule has 0 atom stereocenters. The Kier molecular flexibility index (Phi) is 3.69. The zero-order valence-corrected chi connectivity index (χ0v) is 15.8. The lowest BCUT2D eigenvalue weighted by molar-refractivity contribution is 0.0602. The van der Waals surface area contributed by atoms with Gasteiger partial charge in [-0.15, -0.1) is 0 Å². The van der Waals surface area contributed by atoms with Crippen LogP contribution in [0.3, 0.4) is 0 Å². The van der Waals surface area contributed by atoms with E-state index in [1.165, 1.54) is 18.5 Å². The minimum atomic E-state index is -0.249. The van der Waals surface area contributed by atoms with Crippen LogP contribution >= 0.6 is 0 Å². The van der Waals surface area contributed by atoms with Gasteiger partial charge in [0.25, 0.3) is 5.91 Å². The van der Waals surface area contributed by atoms with Gasteiger partial charge in [0.2, 0.25) is 5.71 Å². The van der Waals surface area contributed by atoms with Crippen molar-refractivity contribution in [2.75, 3.05) is 18.4 Å². The second kappa shape index (κ2) is 6.02. The summed E-state index contributed by atoms with van der Waals surface area (Å²) in [6, 6.07) is 6.49. The maximum Gasteiger partial charge on any atom is 0.258 e. The van der Waals surface area contributed by atoms with E-state index < -0.39 is 0 Å². The Morgan fingerprint density at radius 3 is 2.64 bits per heavy atom. The highest BCUT2D eigenvalue weighted by atomic mass is 19.1. The van der Waals surface area contributed by atoms with Gasteiger partial charge in [-0.05, 0) is 44.4 Å². The molecule has 0 unspecified atom stereocenters. The molecule has 2 aromatic heterocycles. The van der Waals surface area contributed by atoms with E-state index in [-0.39, 0.29) is 23.2 Å². The van der Waals surface area contributed by atoms with Crippen LogP contribution in [0.15, 0.2) is 35.0 Å². The molecule has 144 valence electrons. The van der Waals surface area contributed by atoms with Crippen LogP contribution in [0.5, 0.6) is 0 Å². The molecule has 1 aromatic carbocycles. The molecule has 1 aliphatic carbocycles. The topological polar surface area (TPSA) is 71.3 Å². The maximum atomic E-state index is 13.2. The summed E-state index contributed by atoms with van der Waals surface area (Å²) < 4.78 is 18.9. The largest absolute Gasteiger partial charge is 0.442 e. The molecular formula is C21H21FN4O2. The monoisotopic (exact) mass is 380 g/mol. The standard InChI is InChI=1S/C21H21FN4O2/c1-12-16(17-18(25-21(2)7-8-21)23-11-24-19(17)28-12)20(27)26-9-14(10-26)13-3-5-15(22)6-4-13/h3-6,11,14H,7-10H2,1-2H3,(H,23,24,25). The second-order valence-corrected chi connectivity index (χ2v) is 8.08. The lowest BCUT2D eigenvalue weighted by Crippen LogP contribution is -2.48. The molecular weight excluding hydrogens is 359 g/mol. The Labute approximate surface area is 161 Å². The highest BCUT2D eigenvalue weighted by molar-refractivity contribution is 6.10. The van der Waals surface area contributed by atoms with Gasteiger partial charge in [-0.2, -0.15) is 0 Å². The number of hydrogen-bond acceptors (Lipinski definition) is 5. The minimum Gasteiger partial charge on any atom is -0.442 e. The zero-order chi connectivity index (χ0) is 19.5. The van der Waals surface area contributed by atoms with Gasteiger partial charge in [-0.1, -0.05) is 12.1 Å². The van der Waals surface area contributed by atoms with Crippen molar-refractivity contribution in [2.45, 2.75) is 38.1 Å². The number of aryl methyl sites for hydroxylation is 1. The number of hydrogen-bond donors (Lipinski definition) is 1. The van der Waals surface area contributed by atoms with Gasteiger partial charge < -0.3 is 14.6 Å². The maximum absolute atomic E-state index is 13.2. The molecule has 2 aliphatic rings. The van der Waals surface area contributed by atoms with Crippen molar-refractivity contribution in [1.29, 1.82) is 0 Å². The SMILES string of the molecule is Cc1oc2ncnc(NC3(C)CC3)c2c1C(=O)N1CC(c2ccc(F)cc2)C1. The lowest BCUT2D eigenvalue weighted by atomic mass is 9.90. The van der Waals surface area contributed by atoms with E-state index >= 15 is 0 Å². The number of rotatable bonds is 4. The number of benzene rings is 1. The van der Waals surface area contributed by atoms with Gasteiger partial charge in [0.05, 0.1) is 10.9 Å². The van der Waals surface area contributed by atoms with Gasteiger partial charge in [-0.25, -0.2) is 14.4 Å². The fraction of sp³-hybridized carbons (Fsp3) is 0.381. The molecule has 1 amide bonds. The van der Waals surface area contributed by atoms with Gasteiger partial charge >= 0.3 is 0 Å². The van der Waals surface area contributed by atoms with Crippen LogP contribution in [0.25, 0.3) is 11.1 Å². The van der Waals surface area contributed by atoms with Crippen molar-refractivity contribution in [2.24, 2.45) is 0 Å². The number of aromatic nitrogens is 2. The molecule has 3 aromatic rings. The fourth-order valence-corrected chi connectivity index (χ4v) is 3.74. The van der Waals surface area contributed by atoms with Gasteiger partial charge in [-0.3, -0.25) is 4.79 Å². The predicted molar refractivity (Wildman–Crippen MR) is 103 cm³/mol. The number of anilines is 1. The summed E-state index contributed by atoms with van der Waals surface area (Å²) in [5.74, 6) is 1.10. The Balaban J connectivity index is 1.42. The van der Waals surface area contributed by atoms with E-state index in [0.29, 0.717) is 41.3 Å². The third kappa shape index (κ3) is 2.82. The summed E-state index contributed by atoms with van der Waals surface area (Å²) in [5, 5.41) is 4.10. The number of nitrogens with zero attached hydrogens (tertiary/aromatic N) is 3. The number of amides is 1. The smallest absolute Gasteiger partial charge is 0.258 e. The molecule has 1 saturated heterocycles. The molecule has 1 saturated carbocycles. The molecule has 1 N–H and O–H groups in total. The third-order valence-corrected chi connectivity index (χ3v) is 5.81. The predicted octanol–water partition coefficient (Wildman–Crippen LogP) is 3.87. The van der Waals surface area contributed by atoms with E-state index in [2.05, 4.69) is 22.2 Å². The Morgan fingerprint density at radius 2 is 1.96 bits per heavy atom. The van der Waals surface area contributed by atoms with E-state index in [0.717, 1.165) is 18.4 Å². The molecule has 0 bridgehead atoms. The number of halogens is 1. The summed E-state index contributed by atoms with van der Waals surface area (Å²) in [6.45, 7) is 5.13. The van der Waals surface area contributed by atoms with Crippen molar-refractivity contribution in [1.82, 2.24) is 14.9 Å². The first-order chi connectivity index (χ1) is 13.4. The molecule has 6 nitrogen and oxygen atoms in total. The highest BCUT2D eigenvalue weighted by Gasteiger charge is 2.39. The molecule has 0 spiro atoms. The van der Waals surface area contributed by atoms with Gasteiger partial charge in [0.15, 0.2) is 0 Å². The third-order valence-electron chi connectivity index (χ3n) is 5.81. The summed E-state index contributed by atoms with van der Waals surface area (Å²) >= 11 is 0. The molecule has 7 heteroatoms. The summed E-state index contributed by atoms with van der Waals surface area (Å²) in [7, 11) is 0. The van der Waals surface area contributed by atoms with E-state index in [1.54, 1.807) is 24.0 Å². The van der Waals surface area contributed by atoms with E-state index in [1.807, 2.05) is 0 Å². The lowest BCUT2D eigenvalue weighted by Gasteiger charge is -2.39. The van der Waals surface area contributed by atoms with Crippen LogP contribution in [0.1, 0.15) is 47.4 Å². The first kappa shape index (κ1) is 17.2. The van der Waals surface area contributed by atoms with Crippen LogP contribution in [-0.4, -0.2) is 39.4 Å². The van der Waals surface area contributed by atoms with E-state index in [9.17, 15) is 9.18 Å². The van der Waals surface area contributed by atoms with Gasteiger partial charge in [0, 0.05) is 24.5 Å². The Morgan fingerprint density at radius 1 is 1.25 bits per heavy atom. The number of fused-ring (bicyclic) bond motifs is 1. The summed E-state index contributed by atoms with van der Waals surface area (Å²) in [6.07, 6.45) is 3.61. The van der Waals surface area contributed by atoms with Crippen molar-refractivity contribution in [3.05, 3.63) is 53.3 Å². The van der Waals surface area contributed by atoms with Gasteiger partial charge in [0.1, 0.15) is 23.7 Å². The molecule has 0 radical (unpaired) electrons. The fourth-order valence-electron chi connectivity index (χ4n) is 3.74. The molecule has 2 fully saturated rings. The number of carbonyl (C=O) groups excluding carboxylic acids is 1. The molecule has 5 rings (SSSR count). The van der Waals surface area contributed by atoms with Crippen LogP contribution in [0.2, 0.25) is 0 Å². The van der Waals surface area contributed by atoms with Crippen molar-refractivity contribution < 1.29 is 13.6 Å². The van der Waals surface area contributed by atoms with E-state index in [4.69, 9.17) is 4.42 Å². The minimum absolute atomic E-state index is 0.0250. The molecule has 1 aliphatic heterocycles. The Bertz CT molecular complexity index is 1070. The van der Waals surface area contributed by atoms with Crippen molar-refractivity contribution in [3.8, 4) is 0 Å². The number of furan rings is 1. The van der Waals surface area contributed by atoms with Crippen molar-refractivity contribution in [3.63, 3.8) is 0 Å². The quantitative estimate of drug-likeness (QED) is 0.744. The molecule has 3 heterocycles. The average molecular weight is 380 g/mol. The first-order valence-electron chi connectivity index (χ1n) is 9.50. The summed E-state index contributed by atoms with van der Waals surface area (Å²) in [4.78, 5) is 23.6. The van der Waals surface area contributed by atoms with Crippen molar-refractivity contribution >= 4 is 22.8 Å². The van der Waals surface area contributed by atoms with Crippen LogP contribution < -0.4 is 5.32 Å². The number of nitrogens with one attached hydrogen (secondary N) is 1. The van der Waals surface area contributed by atoms with Crippen LogP contribution in [0.4, 0.5) is 10.2 Å².